The van der Waals surface area contributed by atoms with Crippen molar-refractivity contribution in [2.24, 2.45) is 5.92 Å². The summed E-state index contributed by atoms with van der Waals surface area (Å²) < 4.78 is 0. The zero-order valence-corrected chi connectivity index (χ0v) is 11.7. The van der Waals surface area contributed by atoms with Crippen molar-refractivity contribution in [1.82, 2.24) is 10.2 Å². The summed E-state index contributed by atoms with van der Waals surface area (Å²) in [6.45, 7) is 7.76. The lowest BCUT2D eigenvalue weighted by molar-refractivity contribution is 0.166. The maximum Gasteiger partial charge on any atom is 0.0991 e. The molecule has 1 aliphatic heterocycles. The molecular formula is C16H23N3. The van der Waals surface area contributed by atoms with Gasteiger partial charge in [0.15, 0.2) is 0 Å². The van der Waals surface area contributed by atoms with Crippen LogP contribution < -0.4 is 5.32 Å². The molecule has 1 aliphatic rings. The van der Waals surface area contributed by atoms with E-state index in [0.717, 1.165) is 31.1 Å². The molecular weight excluding hydrogens is 234 g/mol. The largest absolute Gasteiger partial charge is 0.317 e. The van der Waals surface area contributed by atoms with Gasteiger partial charge in [-0.25, -0.2) is 0 Å². The van der Waals surface area contributed by atoms with Crippen LogP contribution in [-0.4, -0.2) is 31.1 Å². The molecule has 1 fully saturated rings. The van der Waals surface area contributed by atoms with Crippen LogP contribution in [0.4, 0.5) is 0 Å². The molecule has 1 N–H and O–H groups in total. The first-order valence-electron chi connectivity index (χ1n) is 7.24. The number of piperidine rings is 1. The number of nitriles is 1. The van der Waals surface area contributed by atoms with E-state index in [-0.39, 0.29) is 0 Å². The molecule has 1 aromatic carbocycles. The third-order valence-corrected chi connectivity index (χ3v) is 3.78. The lowest BCUT2D eigenvalue weighted by atomic mass is 9.97. The normalized spacial score (nSPS) is 20.1. The van der Waals surface area contributed by atoms with Gasteiger partial charge in [0.2, 0.25) is 0 Å². The number of benzene rings is 1. The Kier molecular flexibility index (Phi) is 5.38. The molecule has 1 saturated heterocycles. The highest BCUT2D eigenvalue weighted by Gasteiger charge is 2.19. The van der Waals surface area contributed by atoms with Crippen LogP contribution in [0.1, 0.15) is 30.9 Å². The maximum absolute atomic E-state index is 8.80. The number of hydrogen-bond donors (Lipinski definition) is 1. The van der Waals surface area contributed by atoms with Gasteiger partial charge in [-0.05, 0) is 56.1 Å². The summed E-state index contributed by atoms with van der Waals surface area (Å²) in [5.41, 5.74) is 2.05. The Balaban J connectivity index is 1.85. The quantitative estimate of drug-likeness (QED) is 0.880. The molecule has 2 rings (SSSR count). The van der Waals surface area contributed by atoms with E-state index < -0.39 is 0 Å². The van der Waals surface area contributed by atoms with Gasteiger partial charge < -0.3 is 5.32 Å². The molecule has 3 heteroatoms. The van der Waals surface area contributed by atoms with Gasteiger partial charge in [-0.1, -0.05) is 19.1 Å². The minimum Gasteiger partial charge on any atom is -0.317 e. The zero-order chi connectivity index (χ0) is 13.5. The molecule has 0 aliphatic carbocycles. The van der Waals surface area contributed by atoms with Crippen molar-refractivity contribution in [1.29, 1.82) is 5.26 Å². The molecule has 1 aromatic rings. The average molecular weight is 257 g/mol. The van der Waals surface area contributed by atoms with Gasteiger partial charge in [-0.3, -0.25) is 4.90 Å². The van der Waals surface area contributed by atoms with E-state index in [9.17, 15) is 0 Å². The smallest absolute Gasteiger partial charge is 0.0991 e. The molecule has 0 bridgehead atoms. The van der Waals surface area contributed by atoms with Crippen LogP contribution in [0, 0.1) is 17.2 Å². The predicted molar refractivity (Wildman–Crippen MR) is 77.7 cm³/mol. The number of likely N-dealkylation sites (tertiary alicyclic amines) is 1. The first-order valence-corrected chi connectivity index (χ1v) is 7.24. The number of rotatable bonds is 5. The molecule has 0 spiro atoms. The molecule has 1 atom stereocenters. The number of hydrogen-bond acceptors (Lipinski definition) is 3. The van der Waals surface area contributed by atoms with Crippen molar-refractivity contribution < 1.29 is 0 Å². The van der Waals surface area contributed by atoms with Crippen LogP contribution in [0.3, 0.4) is 0 Å². The van der Waals surface area contributed by atoms with Gasteiger partial charge in [-0.2, -0.15) is 5.26 Å². The van der Waals surface area contributed by atoms with E-state index in [0.29, 0.717) is 0 Å². The third kappa shape index (κ3) is 4.34. The van der Waals surface area contributed by atoms with Crippen molar-refractivity contribution in [3.8, 4) is 6.07 Å². The predicted octanol–water partition coefficient (Wildman–Crippen LogP) is 2.38. The van der Waals surface area contributed by atoms with E-state index in [1.807, 2.05) is 12.1 Å². The lowest BCUT2D eigenvalue weighted by Crippen LogP contribution is -2.39. The van der Waals surface area contributed by atoms with Gasteiger partial charge in [0.25, 0.3) is 0 Å². The standard InChI is InChI=1S/C16H23N3/c1-2-18-11-16-4-3-9-19(13-16)12-15-7-5-14(10-17)6-8-15/h5-8,16,18H,2-4,9,11-13H2,1H3. The second-order valence-corrected chi connectivity index (χ2v) is 5.36. The van der Waals surface area contributed by atoms with Crippen LogP contribution in [0.25, 0.3) is 0 Å². The Morgan fingerprint density at radius 1 is 1.37 bits per heavy atom. The summed E-state index contributed by atoms with van der Waals surface area (Å²) in [5.74, 6) is 0.784. The fourth-order valence-corrected chi connectivity index (χ4v) is 2.75. The minimum absolute atomic E-state index is 0.743. The summed E-state index contributed by atoms with van der Waals surface area (Å²) in [4.78, 5) is 2.53. The van der Waals surface area contributed by atoms with Gasteiger partial charge in [0.1, 0.15) is 0 Å². The SMILES string of the molecule is CCNCC1CCCN(Cc2ccc(C#N)cc2)C1. The van der Waals surface area contributed by atoms with Gasteiger partial charge >= 0.3 is 0 Å². The fraction of sp³-hybridized carbons (Fsp3) is 0.562. The number of nitrogens with one attached hydrogen (secondary N) is 1. The van der Waals surface area contributed by atoms with E-state index in [4.69, 9.17) is 5.26 Å². The summed E-state index contributed by atoms with van der Waals surface area (Å²) >= 11 is 0. The topological polar surface area (TPSA) is 39.1 Å². The van der Waals surface area contributed by atoms with Crippen LogP contribution in [0.2, 0.25) is 0 Å². The van der Waals surface area contributed by atoms with Crippen LogP contribution in [-0.2, 0) is 6.54 Å². The average Bonchev–Trinajstić information content (AvgIpc) is 2.46. The molecule has 0 aromatic heterocycles. The monoisotopic (exact) mass is 257 g/mol. The van der Waals surface area contributed by atoms with E-state index >= 15 is 0 Å². The summed E-state index contributed by atoms with van der Waals surface area (Å²) in [6.07, 6.45) is 2.64. The highest BCUT2D eigenvalue weighted by molar-refractivity contribution is 5.31. The molecule has 0 saturated carbocycles. The highest BCUT2D eigenvalue weighted by Crippen LogP contribution is 2.18. The van der Waals surface area contributed by atoms with Gasteiger partial charge in [0, 0.05) is 13.1 Å². The Bertz CT molecular complexity index is 419. The minimum atomic E-state index is 0.743. The molecule has 1 heterocycles. The van der Waals surface area contributed by atoms with Crippen LogP contribution in [0.5, 0.6) is 0 Å². The maximum atomic E-state index is 8.80. The van der Waals surface area contributed by atoms with Gasteiger partial charge in [0.05, 0.1) is 11.6 Å². The molecule has 1 unspecified atom stereocenters. The van der Waals surface area contributed by atoms with Crippen molar-refractivity contribution in [3.05, 3.63) is 35.4 Å². The van der Waals surface area contributed by atoms with E-state index in [1.165, 1.54) is 31.5 Å². The van der Waals surface area contributed by atoms with Crippen molar-refractivity contribution in [3.63, 3.8) is 0 Å². The van der Waals surface area contributed by atoms with Gasteiger partial charge in [-0.15, -0.1) is 0 Å². The van der Waals surface area contributed by atoms with E-state index in [1.54, 1.807) is 0 Å². The summed E-state index contributed by atoms with van der Waals surface area (Å²) in [5, 5.41) is 12.3. The van der Waals surface area contributed by atoms with Crippen molar-refractivity contribution in [2.45, 2.75) is 26.3 Å². The van der Waals surface area contributed by atoms with Crippen molar-refractivity contribution in [2.75, 3.05) is 26.2 Å². The van der Waals surface area contributed by atoms with E-state index in [2.05, 4.69) is 35.3 Å². The molecule has 102 valence electrons. The van der Waals surface area contributed by atoms with Crippen molar-refractivity contribution >= 4 is 0 Å². The molecule has 3 nitrogen and oxygen atoms in total. The lowest BCUT2D eigenvalue weighted by Gasteiger charge is -2.32. The summed E-state index contributed by atoms with van der Waals surface area (Å²) in [7, 11) is 0. The first kappa shape index (κ1) is 14.0. The number of nitrogens with zero attached hydrogens (tertiary/aromatic N) is 2. The second kappa shape index (κ2) is 7.28. The van der Waals surface area contributed by atoms with Crippen LogP contribution in [0.15, 0.2) is 24.3 Å². The molecule has 19 heavy (non-hydrogen) atoms. The Morgan fingerprint density at radius 2 is 2.16 bits per heavy atom. The Hall–Kier alpha value is -1.37. The molecule has 0 amide bonds. The first-order chi connectivity index (χ1) is 9.31. The fourth-order valence-electron chi connectivity index (χ4n) is 2.75. The Morgan fingerprint density at radius 3 is 2.84 bits per heavy atom. The summed E-state index contributed by atoms with van der Waals surface area (Å²) in [6, 6.07) is 10.1. The zero-order valence-electron chi connectivity index (χ0n) is 11.7. The second-order valence-electron chi connectivity index (χ2n) is 5.36. The van der Waals surface area contributed by atoms with Crippen LogP contribution >= 0.6 is 0 Å². The highest BCUT2D eigenvalue weighted by atomic mass is 15.1. The Labute approximate surface area is 116 Å². The third-order valence-electron chi connectivity index (χ3n) is 3.78. The molecule has 0 radical (unpaired) electrons.